The van der Waals surface area contributed by atoms with E-state index in [4.69, 9.17) is 16.4 Å². The van der Waals surface area contributed by atoms with Gasteiger partial charge in [-0.1, -0.05) is 11.2 Å². The number of rotatable bonds is 2. The molecule has 0 atom stereocenters. The van der Waals surface area contributed by atoms with E-state index in [-0.39, 0.29) is 12.9 Å². The number of nitrogens with one attached hydrogen (secondary N) is 1. The summed E-state index contributed by atoms with van der Waals surface area (Å²) in [5.74, 6) is 0.0698. The number of nitrogens with zero attached hydrogens (tertiary/aromatic N) is 2. The van der Waals surface area contributed by atoms with Crippen LogP contribution in [0.4, 0.5) is 5.69 Å². The van der Waals surface area contributed by atoms with E-state index in [2.05, 4.69) is 21.8 Å². The van der Waals surface area contributed by atoms with E-state index >= 15 is 0 Å². The Kier molecular flexibility index (Phi) is 4.99. The zero-order valence-corrected chi connectivity index (χ0v) is 14.1. The molecule has 6 nitrogen and oxygen atoms in total. The Morgan fingerprint density at radius 1 is 1.23 bits per heavy atom. The molecule has 2 aromatic carbocycles. The average Bonchev–Trinajstić information content (AvgIpc) is 3.34. The number of nitriles is 1. The van der Waals surface area contributed by atoms with Crippen LogP contribution in [0.2, 0.25) is 0 Å². The fourth-order valence-corrected chi connectivity index (χ4v) is 2.89. The molecule has 0 saturated heterocycles. The molecule has 6 heteroatoms. The van der Waals surface area contributed by atoms with Crippen molar-refractivity contribution in [3.63, 3.8) is 0 Å². The van der Waals surface area contributed by atoms with Crippen molar-refractivity contribution in [2.24, 2.45) is 0 Å². The minimum Gasteiger partial charge on any atom is -0.508 e. The van der Waals surface area contributed by atoms with Crippen LogP contribution in [-0.4, -0.2) is 16.0 Å². The summed E-state index contributed by atoms with van der Waals surface area (Å²) in [6, 6.07) is 12.6. The van der Waals surface area contributed by atoms with E-state index in [9.17, 15) is 5.11 Å². The van der Waals surface area contributed by atoms with Crippen LogP contribution in [0.5, 0.6) is 5.75 Å². The highest BCUT2D eigenvalue weighted by Crippen LogP contribution is 2.22. The summed E-state index contributed by atoms with van der Waals surface area (Å²) in [6.45, 7) is 0. The summed E-state index contributed by atoms with van der Waals surface area (Å²) < 4.78 is 4.63. The van der Waals surface area contributed by atoms with Crippen LogP contribution in [0.15, 0.2) is 53.4 Å². The van der Waals surface area contributed by atoms with Crippen LogP contribution in [-0.2, 0) is 12.8 Å². The van der Waals surface area contributed by atoms with Gasteiger partial charge in [-0.15, -0.1) is 0 Å². The van der Waals surface area contributed by atoms with Gasteiger partial charge in [0.2, 0.25) is 0 Å². The topological polar surface area (TPSA) is 120 Å². The minimum atomic E-state index is 0. The van der Waals surface area contributed by atoms with Gasteiger partial charge in [-0.25, -0.2) is 0 Å². The first-order valence-corrected chi connectivity index (χ1v) is 8.17. The average molecular weight is 348 g/mol. The molecule has 1 aliphatic rings. The molecule has 26 heavy (non-hydrogen) atoms. The number of anilines is 1. The summed E-state index contributed by atoms with van der Waals surface area (Å²) in [4.78, 5) is 0. The van der Waals surface area contributed by atoms with Gasteiger partial charge >= 0.3 is 0 Å². The Balaban J connectivity index is 0.000000194. The van der Waals surface area contributed by atoms with Gasteiger partial charge in [0.25, 0.3) is 0 Å². The number of nitrogens with two attached hydrogens (primary N) is 1. The van der Waals surface area contributed by atoms with Crippen LogP contribution in [0.1, 0.15) is 35.7 Å². The van der Waals surface area contributed by atoms with Gasteiger partial charge in [0.05, 0.1) is 29.1 Å². The standard InChI is InChI=1S/C10H9N3O2.C10H9N.H2/c11-9-2-1-7(14)3-8(9)10(12)6-4-13-15-5-6;11-7-8-4-5-9-2-1-3-10(9)6-8;/h1-5,12,14H,11H2;4-6H,1-3H2;1H. The van der Waals surface area contributed by atoms with Gasteiger partial charge < -0.3 is 15.4 Å². The maximum absolute atomic E-state index is 9.29. The fourth-order valence-electron chi connectivity index (χ4n) is 2.89. The van der Waals surface area contributed by atoms with Crippen molar-refractivity contribution in [3.8, 4) is 11.8 Å². The molecule has 0 saturated carbocycles. The highest BCUT2D eigenvalue weighted by molar-refractivity contribution is 6.13. The number of phenolic OH excluding ortho intramolecular Hbond substituents is 1. The third-order valence-electron chi connectivity index (χ3n) is 4.25. The normalized spacial score (nSPS) is 11.8. The van der Waals surface area contributed by atoms with E-state index in [1.807, 2.05) is 12.1 Å². The molecular weight excluding hydrogens is 328 g/mol. The van der Waals surface area contributed by atoms with Crippen LogP contribution in [0.3, 0.4) is 0 Å². The van der Waals surface area contributed by atoms with E-state index in [1.165, 1.54) is 48.6 Å². The van der Waals surface area contributed by atoms with Gasteiger partial charge in [0.1, 0.15) is 12.0 Å². The van der Waals surface area contributed by atoms with E-state index < -0.39 is 0 Å². The maximum Gasteiger partial charge on any atom is 0.133 e. The lowest BCUT2D eigenvalue weighted by atomic mass is 10.0. The number of aryl methyl sites for hydroxylation is 2. The number of fused-ring (bicyclic) bond motifs is 1. The predicted octanol–water partition coefficient (Wildman–Crippen LogP) is 3.67. The smallest absolute Gasteiger partial charge is 0.133 e. The molecule has 0 unspecified atom stereocenters. The Morgan fingerprint density at radius 2 is 2.04 bits per heavy atom. The third kappa shape index (κ3) is 3.73. The molecule has 0 aliphatic heterocycles. The van der Waals surface area contributed by atoms with Crippen molar-refractivity contribution in [1.82, 2.24) is 5.16 Å². The first-order chi connectivity index (χ1) is 12.6. The lowest BCUT2D eigenvalue weighted by Crippen LogP contribution is -2.04. The lowest BCUT2D eigenvalue weighted by molar-refractivity contribution is 0.419. The first kappa shape index (κ1) is 17.2. The highest BCUT2D eigenvalue weighted by atomic mass is 16.5. The maximum atomic E-state index is 9.29. The second-order valence-electron chi connectivity index (χ2n) is 6.01. The Labute approximate surface area is 152 Å². The van der Waals surface area contributed by atoms with Gasteiger partial charge in [-0.05, 0) is 60.7 Å². The van der Waals surface area contributed by atoms with Gasteiger partial charge in [-0.3, -0.25) is 5.41 Å². The second-order valence-corrected chi connectivity index (χ2v) is 6.01. The molecule has 4 N–H and O–H groups in total. The number of aromatic nitrogens is 1. The summed E-state index contributed by atoms with van der Waals surface area (Å²) in [5, 5.41) is 29.2. The van der Waals surface area contributed by atoms with Crippen molar-refractivity contribution in [3.05, 3.63) is 76.7 Å². The quantitative estimate of drug-likeness (QED) is 0.371. The van der Waals surface area contributed by atoms with E-state index in [0.29, 0.717) is 16.8 Å². The van der Waals surface area contributed by atoms with Gasteiger partial charge in [0, 0.05) is 12.7 Å². The van der Waals surface area contributed by atoms with Crippen molar-refractivity contribution < 1.29 is 11.1 Å². The number of phenols is 1. The minimum absolute atomic E-state index is 0. The number of hydrogen-bond acceptors (Lipinski definition) is 6. The lowest BCUT2D eigenvalue weighted by Gasteiger charge is -2.05. The highest BCUT2D eigenvalue weighted by Gasteiger charge is 2.11. The number of benzene rings is 2. The monoisotopic (exact) mass is 348 g/mol. The van der Waals surface area contributed by atoms with Crippen molar-refractivity contribution in [2.45, 2.75) is 19.3 Å². The Morgan fingerprint density at radius 3 is 2.77 bits per heavy atom. The number of aromatic hydroxyl groups is 1. The molecule has 0 radical (unpaired) electrons. The van der Waals surface area contributed by atoms with E-state index in [0.717, 1.165) is 12.0 Å². The fraction of sp³-hybridized carbons (Fsp3) is 0.150. The molecule has 1 heterocycles. The summed E-state index contributed by atoms with van der Waals surface area (Å²) in [5.41, 5.74) is 10.9. The number of nitrogen functional groups attached to an aromatic ring is 1. The first-order valence-electron chi connectivity index (χ1n) is 8.17. The molecule has 0 spiro atoms. The number of hydrogen-bond donors (Lipinski definition) is 3. The van der Waals surface area contributed by atoms with Crippen molar-refractivity contribution in [2.75, 3.05) is 5.73 Å². The van der Waals surface area contributed by atoms with Gasteiger partial charge in [-0.2, -0.15) is 5.26 Å². The SMILES string of the molecule is N#Cc1ccc2c(c1)CCC2.N=C(c1cnoc1)c1cc(O)ccc1N.[HH]. The zero-order valence-electron chi connectivity index (χ0n) is 14.1. The summed E-state index contributed by atoms with van der Waals surface area (Å²) in [6.07, 6.45) is 6.38. The molecular formula is C20H20N4O2. The predicted molar refractivity (Wildman–Crippen MR) is 100 cm³/mol. The molecule has 3 aromatic rings. The second kappa shape index (κ2) is 7.53. The van der Waals surface area contributed by atoms with Gasteiger partial charge in [0.15, 0.2) is 0 Å². The van der Waals surface area contributed by atoms with Crippen LogP contribution in [0, 0.1) is 16.7 Å². The van der Waals surface area contributed by atoms with E-state index in [1.54, 1.807) is 6.07 Å². The van der Waals surface area contributed by atoms with Crippen LogP contribution >= 0.6 is 0 Å². The zero-order chi connectivity index (χ0) is 18.5. The summed E-state index contributed by atoms with van der Waals surface area (Å²) >= 11 is 0. The molecule has 0 fully saturated rings. The molecule has 1 aromatic heterocycles. The Bertz CT molecular complexity index is 978. The molecule has 4 rings (SSSR count). The van der Waals surface area contributed by atoms with Crippen LogP contribution < -0.4 is 5.73 Å². The third-order valence-corrected chi connectivity index (χ3v) is 4.25. The van der Waals surface area contributed by atoms with Crippen LogP contribution in [0.25, 0.3) is 0 Å². The van der Waals surface area contributed by atoms with Crippen molar-refractivity contribution >= 4 is 11.4 Å². The molecule has 0 bridgehead atoms. The Hall–Kier alpha value is -3.59. The van der Waals surface area contributed by atoms with Crippen molar-refractivity contribution in [1.29, 1.82) is 10.7 Å². The largest absolute Gasteiger partial charge is 0.508 e. The molecule has 1 aliphatic carbocycles. The molecule has 132 valence electrons. The summed E-state index contributed by atoms with van der Waals surface area (Å²) in [7, 11) is 0. The molecule has 0 amide bonds.